The maximum atomic E-state index is 6.57. The van der Waals surface area contributed by atoms with Crippen LogP contribution in [0, 0.1) is 0 Å². The van der Waals surface area contributed by atoms with Gasteiger partial charge in [-0.25, -0.2) is 15.0 Å². The molecule has 0 radical (unpaired) electrons. The molecule has 0 N–H and O–H groups in total. The molecule has 0 aliphatic heterocycles. The number of thiophene rings is 1. The third-order valence-corrected chi connectivity index (χ3v) is 12.2. The van der Waals surface area contributed by atoms with Gasteiger partial charge in [-0.15, -0.1) is 11.3 Å². The van der Waals surface area contributed by atoms with E-state index >= 15 is 0 Å². The molecule has 4 aromatic heterocycles. The monoisotopic (exact) mass is 746 g/mol. The molecule has 0 amide bonds. The van der Waals surface area contributed by atoms with E-state index in [9.17, 15) is 0 Å². The van der Waals surface area contributed by atoms with Crippen LogP contribution in [0.2, 0.25) is 0 Å². The first-order valence-corrected chi connectivity index (χ1v) is 19.8. The molecule has 12 aromatic rings. The number of rotatable bonds is 5. The minimum absolute atomic E-state index is 0.608. The highest BCUT2D eigenvalue weighted by Gasteiger charge is 2.21. The number of hydrogen-bond donors (Lipinski definition) is 0. The SMILES string of the molecule is c1ccc(-c2nc(-c3ccc4c(c3)sc3ccccc34)nc(-c3ccc4oc5cccc(-c6cccc7c6c6ccccc6n7-c6ccccc6)c5c4c3)n2)cc1. The van der Waals surface area contributed by atoms with Crippen molar-refractivity contribution in [3.05, 3.63) is 182 Å². The van der Waals surface area contributed by atoms with Crippen molar-refractivity contribution in [3.63, 3.8) is 0 Å². The maximum absolute atomic E-state index is 6.57. The topological polar surface area (TPSA) is 56.7 Å². The zero-order chi connectivity index (χ0) is 37.5. The molecule has 57 heavy (non-hydrogen) atoms. The van der Waals surface area contributed by atoms with Crippen molar-refractivity contribution in [1.29, 1.82) is 0 Å². The molecule has 0 aliphatic carbocycles. The summed E-state index contributed by atoms with van der Waals surface area (Å²) in [6, 6.07) is 63.8. The van der Waals surface area contributed by atoms with Gasteiger partial charge in [0.05, 0.1) is 11.0 Å². The highest BCUT2D eigenvalue weighted by atomic mass is 32.1. The number of furan rings is 1. The summed E-state index contributed by atoms with van der Waals surface area (Å²) < 4.78 is 11.4. The van der Waals surface area contributed by atoms with Crippen LogP contribution < -0.4 is 0 Å². The molecule has 12 rings (SSSR count). The maximum Gasteiger partial charge on any atom is 0.164 e. The fraction of sp³-hybridized carbons (Fsp3) is 0. The summed E-state index contributed by atoms with van der Waals surface area (Å²) in [4.78, 5) is 15.3. The quantitative estimate of drug-likeness (QED) is 0.176. The second-order valence-electron chi connectivity index (χ2n) is 14.4. The molecule has 0 aliphatic rings. The zero-order valence-electron chi connectivity index (χ0n) is 30.4. The van der Waals surface area contributed by atoms with Gasteiger partial charge in [0.25, 0.3) is 0 Å². The Hall–Kier alpha value is -7.41. The fourth-order valence-electron chi connectivity index (χ4n) is 8.50. The van der Waals surface area contributed by atoms with Crippen molar-refractivity contribution in [2.45, 2.75) is 0 Å². The lowest BCUT2D eigenvalue weighted by Gasteiger charge is -2.10. The number of nitrogens with zero attached hydrogens (tertiary/aromatic N) is 4. The van der Waals surface area contributed by atoms with Crippen molar-refractivity contribution in [3.8, 4) is 51.0 Å². The Kier molecular flexibility index (Phi) is 7.03. The molecule has 0 saturated heterocycles. The highest BCUT2D eigenvalue weighted by molar-refractivity contribution is 7.25. The van der Waals surface area contributed by atoms with Gasteiger partial charge in [0.15, 0.2) is 17.5 Å². The van der Waals surface area contributed by atoms with E-state index < -0.39 is 0 Å². The van der Waals surface area contributed by atoms with Gasteiger partial charge in [-0.1, -0.05) is 121 Å². The molecule has 266 valence electrons. The molecule has 0 unspecified atom stereocenters. The van der Waals surface area contributed by atoms with E-state index in [1.807, 2.05) is 36.4 Å². The van der Waals surface area contributed by atoms with E-state index in [1.165, 1.54) is 36.5 Å². The smallest absolute Gasteiger partial charge is 0.164 e. The summed E-state index contributed by atoms with van der Waals surface area (Å²) in [5, 5.41) is 6.99. The predicted molar refractivity (Wildman–Crippen MR) is 236 cm³/mol. The van der Waals surface area contributed by atoms with Crippen molar-refractivity contribution in [1.82, 2.24) is 19.5 Å². The van der Waals surface area contributed by atoms with Crippen LogP contribution >= 0.6 is 11.3 Å². The van der Waals surface area contributed by atoms with Gasteiger partial charge in [-0.05, 0) is 71.8 Å². The minimum atomic E-state index is 0.608. The van der Waals surface area contributed by atoms with E-state index in [-0.39, 0.29) is 0 Å². The predicted octanol–water partition coefficient (Wildman–Crippen LogP) is 13.9. The molecule has 0 atom stereocenters. The fourth-order valence-corrected chi connectivity index (χ4v) is 9.65. The largest absolute Gasteiger partial charge is 0.456 e. The van der Waals surface area contributed by atoms with Crippen LogP contribution in [-0.2, 0) is 0 Å². The first-order chi connectivity index (χ1) is 28.2. The number of aromatic nitrogens is 4. The molecular weight excluding hydrogens is 717 g/mol. The highest BCUT2D eigenvalue weighted by Crippen LogP contribution is 2.44. The van der Waals surface area contributed by atoms with E-state index in [4.69, 9.17) is 19.4 Å². The number of fused-ring (bicyclic) bond motifs is 9. The molecule has 4 heterocycles. The average Bonchev–Trinajstić information content (AvgIpc) is 3.96. The van der Waals surface area contributed by atoms with Gasteiger partial charge in [-0.3, -0.25) is 0 Å². The average molecular weight is 747 g/mol. The number of hydrogen-bond acceptors (Lipinski definition) is 5. The molecule has 0 bridgehead atoms. The molecular formula is C51H30N4OS. The van der Waals surface area contributed by atoms with Crippen LogP contribution in [0.3, 0.4) is 0 Å². The zero-order valence-corrected chi connectivity index (χ0v) is 31.2. The Bertz CT molecular complexity index is 3530. The Balaban J connectivity index is 1.06. The van der Waals surface area contributed by atoms with Gasteiger partial charge >= 0.3 is 0 Å². The van der Waals surface area contributed by atoms with E-state index in [0.29, 0.717) is 17.5 Å². The first-order valence-electron chi connectivity index (χ1n) is 19.0. The van der Waals surface area contributed by atoms with Crippen LogP contribution in [-0.4, -0.2) is 19.5 Å². The standard InChI is InChI=1S/C51H30N4OS/c1-3-13-31(14-4-1)49-52-50(54-51(53-49)33-25-27-36-35-17-8-10-24-45(35)57-46(36)30-33)32-26-28-43-40(29-32)48-38(20-12-23-44(48)56-43)37-19-11-22-42-47(37)39-18-7-9-21-41(39)55(42)34-15-5-2-6-16-34/h1-30H. The van der Waals surface area contributed by atoms with E-state index in [2.05, 4.69) is 150 Å². The van der Waals surface area contributed by atoms with Gasteiger partial charge in [0, 0.05) is 64.1 Å². The van der Waals surface area contributed by atoms with Crippen molar-refractivity contribution in [2.24, 2.45) is 0 Å². The Morgan fingerprint density at radius 1 is 0.386 bits per heavy atom. The molecule has 0 spiro atoms. The van der Waals surface area contributed by atoms with Gasteiger partial charge in [0.1, 0.15) is 11.2 Å². The summed E-state index contributed by atoms with van der Waals surface area (Å²) in [7, 11) is 0. The third-order valence-electron chi connectivity index (χ3n) is 11.1. The second-order valence-corrected chi connectivity index (χ2v) is 15.4. The molecule has 8 aromatic carbocycles. The van der Waals surface area contributed by atoms with Crippen molar-refractivity contribution in [2.75, 3.05) is 0 Å². The van der Waals surface area contributed by atoms with Crippen LogP contribution in [0.15, 0.2) is 186 Å². The summed E-state index contributed by atoms with van der Waals surface area (Å²) in [6.45, 7) is 0. The van der Waals surface area contributed by atoms with Crippen LogP contribution in [0.5, 0.6) is 0 Å². The van der Waals surface area contributed by atoms with Gasteiger partial charge in [-0.2, -0.15) is 0 Å². The summed E-state index contributed by atoms with van der Waals surface area (Å²) in [6.07, 6.45) is 0. The molecule has 0 saturated carbocycles. The van der Waals surface area contributed by atoms with Crippen LogP contribution in [0.25, 0.3) is 115 Å². The molecule has 0 fully saturated rings. The number of para-hydroxylation sites is 2. The summed E-state index contributed by atoms with van der Waals surface area (Å²) in [5.74, 6) is 1.88. The van der Waals surface area contributed by atoms with Crippen molar-refractivity contribution >= 4 is 75.3 Å². The summed E-state index contributed by atoms with van der Waals surface area (Å²) in [5.41, 5.74) is 10.2. The Labute approximate surface area is 330 Å². The molecule has 6 heteroatoms. The van der Waals surface area contributed by atoms with Gasteiger partial charge in [0.2, 0.25) is 0 Å². The second kappa shape index (κ2) is 12.6. The minimum Gasteiger partial charge on any atom is -0.456 e. The summed E-state index contributed by atoms with van der Waals surface area (Å²) >= 11 is 1.79. The number of benzene rings is 8. The lowest BCUT2D eigenvalue weighted by molar-refractivity contribution is 0.669. The van der Waals surface area contributed by atoms with Crippen LogP contribution in [0.4, 0.5) is 0 Å². The first kappa shape index (κ1) is 31.9. The molecule has 5 nitrogen and oxygen atoms in total. The van der Waals surface area contributed by atoms with E-state index in [1.54, 1.807) is 11.3 Å². The Morgan fingerprint density at radius 3 is 1.82 bits per heavy atom. The van der Waals surface area contributed by atoms with E-state index in [0.717, 1.165) is 61.0 Å². The third kappa shape index (κ3) is 5.04. The van der Waals surface area contributed by atoms with Crippen LogP contribution in [0.1, 0.15) is 0 Å². The van der Waals surface area contributed by atoms with Crippen molar-refractivity contribution < 1.29 is 4.42 Å². The van der Waals surface area contributed by atoms with Gasteiger partial charge < -0.3 is 8.98 Å². The normalized spacial score (nSPS) is 11.9. The lowest BCUT2D eigenvalue weighted by atomic mass is 9.95. The Morgan fingerprint density at radius 2 is 1.00 bits per heavy atom. The lowest BCUT2D eigenvalue weighted by Crippen LogP contribution is -2.00.